The highest BCUT2D eigenvalue weighted by atomic mass is 16.2. The third-order valence-corrected chi connectivity index (χ3v) is 5.17. The van der Waals surface area contributed by atoms with E-state index < -0.39 is 0 Å². The Morgan fingerprint density at radius 2 is 2.12 bits per heavy atom. The predicted octanol–water partition coefficient (Wildman–Crippen LogP) is 2.04. The molecule has 134 valence electrons. The molecule has 0 aliphatic heterocycles. The van der Waals surface area contributed by atoms with Gasteiger partial charge in [-0.3, -0.25) is 9.59 Å². The van der Waals surface area contributed by atoms with Gasteiger partial charge in [-0.05, 0) is 51.3 Å². The first-order valence-corrected chi connectivity index (χ1v) is 8.99. The van der Waals surface area contributed by atoms with E-state index in [-0.39, 0.29) is 29.3 Å². The van der Waals surface area contributed by atoms with Gasteiger partial charge in [-0.2, -0.15) is 0 Å². The zero-order valence-corrected chi connectivity index (χ0v) is 14.9. The minimum Gasteiger partial charge on any atom is -0.333 e. The smallest absolute Gasteiger partial charge is 0.258 e. The standard InChI is InChI=1S/C19H26N4O2/c1-12(2)23(19(25)14-8-5-6-13(14)10-20)11-17-21-16-9-4-3-7-15(16)18(24)22-17/h3-4,7,9,12-14H,5-6,8,10-11,20H2,1-2H3,(H,21,22,24)/t13-,14-/m1/s1. The molecule has 1 aromatic heterocycles. The number of hydrogen-bond acceptors (Lipinski definition) is 4. The van der Waals surface area contributed by atoms with Crippen LogP contribution in [-0.4, -0.2) is 33.4 Å². The van der Waals surface area contributed by atoms with Crippen LogP contribution in [0.3, 0.4) is 0 Å². The van der Waals surface area contributed by atoms with E-state index >= 15 is 0 Å². The van der Waals surface area contributed by atoms with Gasteiger partial charge in [0.25, 0.3) is 5.56 Å². The van der Waals surface area contributed by atoms with Crippen molar-refractivity contribution >= 4 is 16.8 Å². The monoisotopic (exact) mass is 342 g/mol. The molecular weight excluding hydrogens is 316 g/mol. The highest BCUT2D eigenvalue weighted by Gasteiger charge is 2.35. The molecule has 0 spiro atoms. The summed E-state index contributed by atoms with van der Waals surface area (Å²) in [6.45, 7) is 4.84. The number of para-hydroxylation sites is 1. The van der Waals surface area contributed by atoms with Crippen molar-refractivity contribution in [3.8, 4) is 0 Å². The number of aromatic amines is 1. The summed E-state index contributed by atoms with van der Waals surface area (Å²) in [5.41, 5.74) is 6.32. The minimum absolute atomic E-state index is 0.0143. The molecule has 1 aliphatic carbocycles. The van der Waals surface area contributed by atoms with E-state index in [2.05, 4.69) is 9.97 Å². The zero-order valence-electron chi connectivity index (χ0n) is 14.9. The van der Waals surface area contributed by atoms with Gasteiger partial charge >= 0.3 is 0 Å². The molecular formula is C19H26N4O2. The van der Waals surface area contributed by atoms with Crippen molar-refractivity contribution in [2.75, 3.05) is 6.54 Å². The molecule has 1 heterocycles. The Balaban J connectivity index is 1.87. The molecule has 0 bridgehead atoms. The molecule has 0 unspecified atom stereocenters. The summed E-state index contributed by atoms with van der Waals surface area (Å²) >= 11 is 0. The molecule has 25 heavy (non-hydrogen) atoms. The van der Waals surface area contributed by atoms with E-state index in [1.807, 2.05) is 36.9 Å². The lowest BCUT2D eigenvalue weighted by Gasteiger charge is -2.31. The Bertz CT molecular complexity index is 814. The Morgan fingerprint density at radius 3 is 2.84 bits per heavy atom. The maximum Gasteiger partial charge on any atom is 0.258 e. The largest absolute Gasteiger partial charge is 0.333 e. The van der Waals surface area contributed by atoms with Crippen molar-refractivity contribution in [2.45, 2.75) is 45.7 Å². The molecule has 3 N–H and O–H groups in total. The van der Waals surface area contributed by atoms with Crippen molar-refractivity contribution in [2.24, 2.45) is 17.6 Å². The molecule has 6 heteroatoms. The van der Waals surface area contributed by atoms with Crippen LogP contribution >= 0.6 is 0 Å². The van der Waals surface area contributed by atoms with E-state index in [0.717, 1.165) is 19.3 Å². The van der Waals surface area contributed by atoms with Crippen molar-refractivity contribution in [3.63, 3.8) is 0 Å². The molecule has 1 saturated carbocycles. The number of carbonyl (C=O) groups is 1. The van der Waals surface area contributed by atoms with Gasteiger partial charge < -0.3 is 15.6 Å². The first-order chi connectivity index (χ1) is 12.0. The number of aromatic nitrogens is 2. The molecule has 2 atom stereocenters. The van der Waals surface area contributed by atoms with Crippen LogP contribution in [0.2, 0.25) is 0 Å². The summed E-state index contributed by atoms with van der Waals surface area (Å²) < 4.78 is 0. The third kappa shape index (κ3) is 3.58. The SMILES string of the molecule is CC(C)N(Cc1nc2ccccc2c(=O)[nH]1)C(=O)[C@@H]1CCC[C@@H]1CN. The number of rotatable bonds is 5. The van der Waals surface area contributed by atoms with Gasteiger partial charge in [0, 0.05) is 12.0 Å². The Kier molecular flexibility index (Phi) is 5.18. The van der Waals surface area contributed by atoms with Crippen molar-refractivity contribution in [3.05, 3.63) is 40.4 Å². The van der Waals surface area contributed by atoms with Gasteiger partial charge in [-0.25, -0.2) is 4.98 Å². The van der Waals surface area contributed by atoms with E-state index in [1.165, 1.54) is 0 Å². The maximum absolute atomic E-state index is 13.1. The van der Waals surface area contributed by atoms with Crippen molar-refractivity contribution < 1.29 is 4.79 Å². The van der Waals surface area contributed by atoms with E-state index in [0.29, 0.717) is 29.8 Å². The van der Waals surface area contributed by atoms with E-state index in [4.69, 9.17) is 5.73 Å². The van der Waals surface area contributed by atoms with Crippen molar-refractivity contribution in [1.29, 1.82) is 0 Å². The number of fused-ring (bicyclic) bond motifs is 1. The van der Waals surface area contributed by atoms with Crippen LogP contribution in [0.4, 0.5) is 0 Å². The lowest BCUT2D eigenvalue weighted by molar-refractivity contribution is -0.139. The first-order valence-electron chi connectivity index (χ1n) is 8.99. The Morgan fingerprint density at radius 1 is 1.36 bits per heavy atom. The van der Waals surface area contributed by atoms with Gasteiger partial charge in [0.15, 0.2) is 0 Å². The van der Waals surface area contributed by atoms with E-state index in [9.17, 15) is 9.59 Å². The molecule has 0 saturated heterocycles. The average molecular weight is 342 g/mol. The summed E-state index contributed by atoms with van der Waals surface area (Å²) in [5.74, 6) is 0.892. The Hall–Kier alpha value is -2.21. The minimum atomic E-state index is -0.169. The number of nitrogens with zero attached hydrogens (tertiary/aromatic N) is 2. The lowest BCUT2D eigenvalue weighted by atomic mass is 9.94. The van der Waals surface area contributed by atoms with Crippen LogP contribution in [0.25, 0.3) is 10.9 Å². The number of H-pyrrole nitrogens is 1. The van der Waals surface area contributed by atoms with Gasteiger partial charge in [0.05, 0.1) is 17.4 Å². The number of benzene rings is 1. The van der Waals surface area contributed by atoms with Gasteiger partial charge in [-0.15, -0.1) is 0 Å². The fourth-order valence-corrected chi connectivity index (χ4v) is 3.74. The highest BCUT2D eigenvalue weighted by molar-refractivity contribution is 5.80. The third-order valence-electron chi connectivity index (χ3n) is 5.17. The lowest BCUT2D eigenvalue weighted by Crippen LogP contribution is -2.43. The Labute approximate surface area is 147 Å². The summed E-state index contributed by atoms with van der Waals surface area (Å²) in [7, 11) is 0. The first kappa shape index (κ1) is 17.6. The van der Waals surface area contributed by atoms with Crippen LogP contribution in [-0.2, 0) is 11.3 Å². The topological polar surface area (TPSA) is 92.1 Å². The van der Waals surface area contributed by atoms with Gasteiger partial charge in [-0.1, -0.05) is 18.6 Å². The second-order valence-corrected chi connectivity index (χ2v) is 7.12. The summed E-state index contributed by atoms with van der Waals surface area (Å²) in [6.07, 6.45) is 2.96. The highest BCUT2D eigenvalue weighted by Crippen LogP contribution is 2.33. The predicted molar refractivity (Wildman–Crippen MR) is 97.9 cm³/mol. The van der Waals surface area contributed by atoms with Crippen LogP contribution in [0.15, 0.2) is 29.1 Å². The molecule has 1 fully saturated rings. The van der Waals surface area contributed by atoms with Crippen LogP contribution in [0.5, 0.6) is 0 Å². The number of amides is 1. The van der Waals surface area contributed by atoms with Crippen LogP contribution < -0.4 is 11.3 Å². The fourth-order valence-electron chi connectivity index (χ4n) is 3.74. The second-order valence-electron chi connectivity index (χ2n) is 7.12. The maximum atomic E-state index is 13.1. The normalized spacial score (nSPS) is 20.3. The second kappa shape index (κ2) is 7.35. The summed E-state index contributed by atoms with van der Waals surface area (Å²) in [5, 5.41) is 0.563. The number of nitrogens with one attached hydrogen (secondary N) is 1. The molecule has 6 nitrogen and oxygen atoms in total. The fraction of sp³-hybridized carbons (Fsp3) is 0.526. The van der Waals surface area contributed by atoms with Gasteiger partial charge in [0.2, 0.25) is 5.91 Å². The molecule has 1 aliphatic rings. The zero-order chi connectivity index (χ0) is 18.0. The number of nitrogens with two attached hydrogens (primary N) is 1. The number of carbonyl (C=O) groups excluding carboxylic acids is 1. The number of hydrogen-bond donors (Lipinski definition) is 2. The van der Waals surface area contributed by atoms with Crippen LogP contribution in [0.1, 0.15) is 38.9 Å². The van der Waals surface area contributed by atoms with Crippen molar-refractivity contribution in [1.82, 2.24) is 14.9 Å². The molecule has 2 aromatic rings. The summed E-state index contributed by atoms with van der Waals surface area (Å²) in [4.78, 5) is 34.5. The van der Waals surface area contributed by atoms with E-state index in [1.54, 1.807) is 6.07 Å². The quantitative estimate of drug-likeness (QED) is 0.870. The summed E-state index contributed by atoms with van der Waals surface area (Å²) in [6, 6.07) is 7.27. The molecule has 1 amide bonds. The molecule has 3 rings (SSSR count). The van der Waals surface area contributed by atoms with Gasteiger partial charge in [0.1, 0.15) is 5.82 Å². The molecule has 1 aromatic carbocycles. The average Bonchev–Trinajstić information content (AvgIpc) is 3.07. The molecule has 0 radical (unpaired) electrons. The van der Waals surface area contributed by atoms with Crippen LogP contribution in [0, 0.1) is 11.8 Å².